The fourth-order valence-electron chi connectivity index (χ4n) is 3.89. The Balaban J connectivity index is 1.60. The van der Waals surface area contributed by atoms with Crippen molar-refractivity contribution in [2.24, 2.45) is 0 Å². The summed E-state index contributed by atoms with van der Waals surface area (Å²) in [6, 6.07) is 12.4. The van der Waals surface area contributed by atoms with Gasteiger partial charge >= 0.3 is 0 Å². The van der Waals surface area contributed by atoms with E-state index in [9.17, 15) is 12.8 Å². The molecule has 0 saturated heterocycles. The Labute approximate surface area is 178 Å². The van der Waals surface area contributed by atoms with Crippen LogP contribution in [0.1, 0.15) is 11.1 Å². The monoisotopic (exact) mass is 438 g/mol. The third-order valence-corrected chi connectivity index (χ3v) is 6.33. The molecule has 1 aliphatic rings. The van der Waals surface area contributed by atoms with Crippen molar-refractivity contribution < 1.29 is 17.5 Å². The molecular weight excluding hydrogens is 419 g/mol. The first kappa shape index (κ1) is 19.5. The number of hydrogen-bond donors (Lipinski definition) is 1. The number of aromatic nitrogens is 3. The molecule has 0 amide bonds. The van der Waals surface area contributed by atoms with E-state index in [4.69, 9.17) is 4.74 Å². The summed E-state index contributed by atoms with van der Waals surface area (Å²) >= 11 is 0. The average Bonchev–Trinajstić information content (AvgIpc) is 3.41. The number of halogens is 1. The Bertz CT molecular complexity index is 1400. The quantitative estimate of drug-likeness (QED) is 0.514. The Kier molecular flexibility index (Phi) is 4.62. The van der Waals surface area contributed by atoms with Crippen molar-refractivity contribution in [2.45, 2.75) is 18.0 Å². The van der Waals surface area contributed by atoms with Crippen LogP contribution in [0.2, 0.25) is 0 Å². The summed E-state index contributed by atoms with van der Waals surface area (Å²) in [4.78, 5) is 8.62. The topological polar surface area (TPSA) is 85.6 Å². The van der Waals surface area contributed by atoms with Gasteiger partial charge in [0.2, 0.25) is 5.95 Å². The minimum Gasteiger partial charge on any atom is -0.493 e. The predicted octanol–water partition coefficient (Wildman–Crippen LogP) is 3.49. The first-order valence-electron chi connectivity index (χ1n) is 9.72. The van der Waals surface area contributed by atoms with Gasteiger partial charge in [-0.2, -0.15) is 0 Å². The van der Waals surface area contributed by atoms with Gasteiger partial charge in [-0.05, 0) is 17.7 Å². The molecule has 4 aromatic rings. The van der Waals surface area contributed by atoms with E-state index in [1.54, 1.807) is 16.7 Å². The third kappa shape index (κ3) is 3.40. The molecule has 31 heavy (non-hydrogen) atoms. The van der Waals surface area contributed by atoms with Crippen LogP contribution in [0, 0.1) is 5.82 Å². The van der Waals surface area contributed by atoms with E-state index < -0.39 is 9.84 Å². The van der Waals surface area contributed by atoms with E-state index in [1.165, 1.54) is 12.4 Å². The Morgan fingerprint density at radius 2 is 1.97 bits per heavy atom. The fraction of sp³-hybridized carbons (Fsp3) is 0.182. The number of sulfone groups is 1. The SMILES string of the molecule is CS(=O)(=O)c1ncn2c(NCc3c(F)ccc4c3CCO4)ncc(-c3ccccc3)c12. The van der Waals surface area contributed by atoms with Crippen molar-refractivity contribution in [1.82, 2.24) is 14.4 Å². The lowest BCUT2D eigenvalue weighted by molar-refractivity contribution is 0.356. The third-order valence-electron chi connectivity index (χ3n) is 5.33. The maximum absolute atomic E-state index is 14.5. The van der Waals surface area contributed by atoms with Crippen LogP contribution in [0.25, 0.3) is 16.6 Å². The van der Waals surface area contributed by atoms with Crippen molar-refractivity contribution in [3.8, 4) is 16.9 Å². The number of rotatable bonds is 5. The number of nitrogens with one attached hydrogen (secondary N) is 1. The zero-order valence-electron chi connectivity index (χ0n) is 16.7. The summed E-state index contributed by atoms with van der Waals surface area (Å²) in [5, 5.41) is 3.11. The van der Waals surface area contributed by atoms with Crippen molar-refractivity contribution in [2.75, 3.05) is 18.2 Å². The van der Waals surface area contributed by atoms with Gasteiger partial charge < -0.3 is 10.1 Å². The lowest BCUT2D eigenvalue weighted by Gasteiger charge is -2.13. The maximum Gasteiger partial charge on any atom is 0.209 e. The summed E-state index contributed by atoms with van der Waals surface area (Å²) < 4.78 is 46.4. The second kappa shape index (κ2) is 7.35. The van der Waals surface area contributed by atoms with Crippen molar-refractivity contribution in [3.05, 3.63) is 71.9 Å². The molecule has 0 fully saturated rings. The standard InChI is InChI=1S/C22H19FN4O3S/c1-31(28,29)21-20-16(14-5-3-2-4-6-14)11-24-22(27(20)13-26-21)25-12-17-15-9-10-30-19(15)8-7-18(17)23/h2-8,11,13H,9-10,12H2,1H3,(H,24,25). The molecule has 5 rings (SSSR count). The van der Waals surface area contributed by atoms with Gasteiger partial charge in [0, 0.05) is 42.1 Å². The maximum atomic E-state index is 14.5. The molecule has 3 heterocycles. The van der Waals surface area contributed by atoms with E-state index in [0.29, 0.717) is 41.4 Å². The first-order valence-corrected chi connectivity index (χ1v) is 11.6. The molecule has 9 heteroatoms. The van der Waals surface area contributed by atoms with Crippen LogP contribution in [0.5, 0.6) is 5.75 Å². The van der Waals surface area contributed by atoms with Crippen molar-refractivity contribution in [3.63, 3.8) is 0 Å². The highest BCUT2D eigenvalue weighted by Crippen LogP contribution is 2.32. The molecule has 0 spiro atoms. The molecule has 7 nitrogen and oxygen atoms in total. The molecule has 0 unspecified atom stereocenters. The van der Waals surface area contributed by atoms with Crippen molar-refractivity contribution >= 4 is 21.3 Å². The molecule has 0 aliphatic carbocycles. The fourth-order valence-corrected chi connectivity index (χ4v) is 4.69. The molecular formula is C22H19FN4O3S. The van der Waals surface area contributed by atoms with Crippen molar-refractivity contribution in [1.29, 1.82) is 0 Å². The van der Waals surface area contributed by atoms with Crippen LogP contribution in [0.15, 0.2) is 60.0 Å². The largest absolute Gasteiger partial charge is 0.493 e. The van der Waals surface area contributed by atoms with Crippen LogP contribution in [-0.2, 0) is 22.8 Å². The summed E-state index contributed by atoms with van der Waals surface area (Å²) in [7, 11) is -3.58. The normalized spacial score (nSPS) is 13.2. The minimum absolute atomic E-state index is 0.0306. The van der Waals surface area contributed by atoms with Crippen LogP contribution < -0.4 is 10.1 Å². The van der Waals surface area contributed by atoms with Gasteiger partial charge in [0.05, 0.1) is 12.1 Å². The summed E-state index contributed by atoms with van der Waals surface area (Å²) in [6.45, 7) is 0.705. The molecule has 2 aromatic carbocycles. The molecule has 0 bridgehead atoms. The smallest absolute Gasteiger partial charge is 0.209 e. The van der Waals surface area contributed by atoms with Gasteiger partial charge in [0.1, 0.15) is 17.9 Å². The molecule has 2 aromatic heterocycles. The number of hydrogen-bond acceptors (Lipinski definition) is 6. The molecule has 0 saturated carbocycles. The lowest BCUT2D eigenvalue weighted by Crippen LogP contribution is -2.10. The van der Waals surface area contributed by atoms with E-state index in [2.05, 4.69) is 15.3 Å². The lowest BCUT2D eigenvalue weighted by atomic mass is 10.0. The number of anilines is 1. The molecule has 0 atom stereocenters. The van der Waals surface area contributed by atoms with Gasteiger partial charge in [0.15, 0.2) is 14.9 Å². The zero-order valence-corrected chi connectivity index (χ0v) is 17.5. The average molecular weight is 438 g/mol. The van der Waals surface area contributed by atoms with Gasteiger partial charge in [0.25, 0.3) is 0 Å². The summed E-state index contributed by atoms with van der Waals surface area (Å²) in [5.74, 6) is 0.738. The van der Waals surface area contributed by atoms with Gasteiger partial charge in [-0.15, -0.1) is 0 Å². The number of benzene rings is 2. The first-order chi connectivity index (χ1) is 14.9. The molecule has 0 radical (unpaired) electrons. The summed E-state index contributed by atoms with van der Waals surface area (Å²) in [6.07, 6.45) is 4.80. The van der Waals surface area contributed by atoms with Gasteiger partial charge in [-0.1, -0.05) is 30.3 Å². The van der Waals surface area contributed by atoms with E-state index in [1.807, 2.05) is 30.3 Å². The highest BCUT2D eigenvalue weighted by Gasteiger charge is 2.23. The Morgan fingerprint density at radius 3 is 2.74 bits per heavy atom. The van der Waals surface area contributed by atoms with Gasteiger partial charge in [-0.25, -0.2) is 22.8 Å². The highest BCUT2D eigenvalue weighted by atomic mass is 32.2. The highest BCUT2D eigenvalue weighted by molar-refractivity contribution is 7.90. The van der Waals surface area contributed by atoms with Crippen LogP contribution in [0.3, 0.4) is 0 Å². The zero-order chi connectivity index (χ0) is 21.6. The van der Waals surface area contributed by atoms with E-state index >= 15 is 0 Å². The predicted molar refractivity (Wildman–Crippen MR) is 114 cm³/mol. The number of nitrogens with zero attached hydrogens (tertiary/aromatic N) is 3. The van der Waals surface area contributed by atoms with Gasteiger partial charge in [-0.3, -0.25) is 4.40 Å². The van der Waals surface area contributed by atoms with E-state index in [-0.39, 0.29) is 17.4 Å². The second-order valence-corrected chi connectivity index (χ2v) is 9.29. The molecule has 158 valence electrons. The number of ether oxygens (including phenoxy) is 1. The second-order valence-electron chi connectivity index (χ2n) is 7.36. The van der Waals surface area contributed by atoms with E-state index in [0.717, 1.165) is 17.4 Å². The minimum atomic E-state index is -3.58. The Morgan fingerprint density at radius 1 is 1.16 bits per heavy atom. The number of fused-ring (bicyclic) bond motifs is 2. The van der Waals surface area contributed by atoms with Crippen LogP contribution >= 0.6 is 0 Å². The molecule has 1 N–H and O–H groups in total. The summed E-state index contributed by atoms with van der Waals surface area (Å²) in [5.41, 5.74) is 3.24. The molecule has 1 aliphatic heterocycles. The Hall–Kier alpha value is -3.46. The van der Waals surface area contributed by atoms with Crippen LogP contribution in [0.4, 0.5) is 10.3 Å². The van der Waals surface area contributed by atoms with Crippen LogP contribution in [-0.4, -0.2) is 35.6 Å². The number of imidazole rings is 1.